The molecule has 0 fully saturated rings. The Morgan fingerprint density at radius 1 is 1.24 bits per heavy atom. The minimum Gasteiger partial charge on any atom is -0.476 e. The van der Waals surface area contributed by atoms with E-state index in [1.54, 1.807) is 10.7 Å². The summed E-state index contributed by atoms with van der Waals surface area (Å²) < 4.78 is 1.69. The Labute approximate surface area is 124 Å². The van der Waals surface area contributed by atoms with Crippen molar-refractivity contribution in [2.24, 2.45) is 0 Å². The molecule has 0 atom stereocenters. The largest absolute Gasteiger partial charge is 0.476 e. The summed E-state index contributed by atoms with van der Waals surface area (Å²) in [4.78, 5) is 13.3. The van der Waals surface area contributed by atoms with Gasteiger partial charge in [-0.15, -0.1) is 0 Å². The highest BCUT2D eigenvalue weighted by atomic mass is 16.4. The molecule has 0 bridgehead atoms. The monoisotopic (exact) mass is 287 g/mol. The van der Waals surface area contributed by atoms with Gasteiger partial charge in [0.05, 0.1) is 5.69 Å². The second-order valence-electron chi connectivity index (χ2n) is 5.03. The SMILES string of the molecule is CCN(CC)c1ccc(-n2nc(C(=O)O)cc2C)c(C)c1. The number of nitrogens with zero attached hydrogens (tertiary/aromatic N) is 3. The van der Waals surface area contributed by atoms with E-state index in [1.165, 1.54) is 5.69 Å². The van der Waals surface area contributed by atoms with Crippen LogP contribution in [0.2, 0.25) is 0 Å². The van der Waals surface area contributed by atoms with Gasteiger partial charge in [0.15, 0.2) is 5.69 Å². The van der Waals surface area contributed by atoms with Gasteiger partial charge in [-0.1, -0.05) is 0 Å². The number of aromatic carboxylic acids is 1. The lowest BCUT2D eigenvalue weighted by Gasteiger charge is -2.22. The van der Waals surface area contributed by atoms with Gasteiger partial charge in [-0.2, -0.15) is 5.10 Å². The molecule has 0 amide bonds. The molecular weight excluding hydrogens is 266 g/mol. The first-order chi connectivity index (χ1) is 9.97. The second-order valence-corrected chi connectivity index (χ2v) is 5.03. The number of carboxylic acids is 1. The van der Waals surface area contributed by atoms with Gasteiger partial charge in [0.2, 0.25) is 0 Å². The summed E-state index contributed by atoms with van der Waals surface area (Å²) in [6.07, 6.45) is 0. The summed E-state index contributed by atoms with van der Waals surface area (Å²) in [5.41, 5.74) is 4.04. The van der Waals surface area contributed by atoms with Gasteiger partial charge in [0.25, 0.3) is 0 Å². The summed E-state index contributed by atoms with van der Waals surface area (Å²) in [6, 6.07) is 7.75. The van der Waals surface area contributed by atoms with Crippen molar-refractivity contribution in [3.05, 3.63) is 41.2 Å². The maximum Gasteiger partial charge on any atom is 0.356 e. The molecule has 112 valence electrons. The fourth-order valence-electron chi connectivity index (χ4n) is 2.49. The number of aromatic nitrogens is 2. The van der Waals surface area contributed by atoms with Crippen LogP contribution < -0.4 is 4.90 Å². The molecule has 5 nitrogen and oxygen atoms in total. The molecule has 5 heteroatoms. The van der Waals surface area contributed by atoms with Crippen LogP contribution in [-0.4, -0.2) is 33.9 Å². The lowest BCUT2D eigenvalue weighted by Crippen LogP contribution is -2.21. The van der Waals surface area contributed by atoms with Crippen LogP contribution in [-0.2, 0) is 0 Å². The fourth-order valence-corrected chi connectivity index (χ4v) is 2.49. The highest BCUT2D eigenvalue weighted by Crippen LogP contribution is 2.23. The molecule has 0 saturated carbocycles. The van der Waals surface area contributed by atoms with Crippen molar-refractivity contribution in [3.8, 4) is 5.69 Å². The van der Waals surface area contributed by atoms with Crippen LogP contribution in [0.3, 0.4) is 0 Å². The maximum absolute atomic E-state index is 11.0. The van der Waals surface area contributed by atoms with Crippen molar-refractivity contribution in [3.63, 3.8) is 0 Å². The summed E-state index contributed by atoms with van der Waals surface area (Å²) in [5.74, 6) is -1.01. The summed E-state index contributed by atoms with van der Waals surface area (Å²) >= 11 is 0. The summed E-state index contributed by atoms with van der Waals surface area (Å²) in [5, 5.41) is 13.2. The van der Waals surface area contributed by atoms with E-state index in [2.05, 4.69) is 36.0 Å². The quantitative estimate of drug-likeness (QED) is 0.918. The number of rotatable bonds is 5. The first-order valence-electron chi connectivity index (χ1n) is 7.13. The Morgan fingerprint density at radius 3 is 2.38 bits per heavy atom. The molecule has 0 unspecified atom stereocenters. The molecule has 21 heavy (non-hydrogen) atoms. The van der Waals surface area contributed by atoms with Crippen LogP contribution >= 0.6 is 0 Å². The predicted octanol–water partition coefficient (Wildman–Crippen LogP) is 3.03. The molecule has 0 aliphatic rings. The third-order valence-electron chi connectivity index (χ3n) is 3.64. The van der Waals surface area contributed by atoms with Crippen molar-refractivity contribution < 1.29 is 9.90 Å². The van der Waals surface area contributed by atoms with E-state index in [4.69, 9.17) is 5.11 Å². The molecular formula is C16H21N3O2. The molecule has 0 spiro atoms. The van der Waals surface area contributed by atoms with Crippen LogP contribution in [0.1, 0.15) is 35.6 Å². The molecule has 0 radical (unpaired) electrons. The number of carboxylic acid groups (broad SMARTS) is 1. The van der Waals surface area contributed by atoms with E-state index in [0.29, 0.717) is 0 Å². The topological polar surface area (TPSA) is 58.4 Å². The van der Waals surface area contributed by atoms with E-state index in [0.717, 1.165) is 30.0 Å². The third kappa shape index (κ3) is 2.91. The highest BCUT2D eigenvalue weighted by Gasteiger charge is 2.13. The molecule has 0 aliphatic carbocycles. The van der Waals surface area contributed by atoms with Crippen LogP contribution in [0.4, 0.5) is 5.69 Å². The van der Waals surface area contributed by atoms with Crippen LogP contribution in [0.5, 0.6) is 0 Å². The number of anilines is 1. The van der Waals surface area contributed by atoms with Crippen LogP contribution in [0.15, 0.2) is 24.3 Å². The van der Waals surface area contributed by atoms with Gasteiger partial charge in [-0.05, 0) is 57.5 Å². The Hall–Kier alpha value is -2.30. The Kier molecular flexibility index (Phi) is 4.31. The lowest BCUT2D eigenvalue weighted by atomic mass is 10.1. The van der Waals surface area contributed by atoms with Crippen molar-refractivity contribution in [1.29, 1.82) is 0 Å². The van der Waals surface area contributed by atoms with Crippen molar-refractivity contribution in [2.45, 2.75) is 27.7 Å². The maximum atomic E-state index is 11.0. The van der Waals surface area contributed by atoms with Crippen molar-refractivity contribution in [1.82, 2.24) is 9.78 Å². The molecule has 1 aromatic heterocycles. The molecule has 0 saturated heterocycles. The normalized spacial score (nSPS) is 10.7. The van der Waals surface area contributed by atoms with Gasteiger partial charge in [-0.3, -0.25) is 0 Å². The standard InChI is InChI=1S/C16H21N3O2/c1-5-18(6-2)13-7-8-15(11(3)9-13)19-12(4)10-14(17-19)16(20)21/h7-10H,5-6H2,1-4H3,(H,20,21). The van der Waals surface area contributed by atoms with E-state index in [9.17, 15) is 4.79 Å². The van der Waals surface area contributed by atoms with Crippen molar-refractivity contribution in [2.75, 3.05) is 18.0 Å². The van der Waals surface area contributed by atoms with Gasteiger partial charge in [0, 0.05) is 24.5 Å². The lowest BCUT2D eigenvalue weighted by molar-refractivity contribution is 0.0690. The first-order valence-corrected chi connectivity index (χ1v) is 7.13. The zero-order valence-corrected chi connectivity index (χ0v) is 12.9. The zero-order chi connectivity index (χ0) is 15.6. The molecule has 1 aromatic carbocycles. The van der Waals surface area contributed by atoms with Gasteiger partial charge in [0.1, 0.15) is 0 Å². The summed E-state index contributed by atoms with van der Waals surface area (Å²) in [6.45, 7) is 10.0. The fraction of sp³-hybridized carbons (Fsp3) is 0.375. The molecule has 0 aliphatic heterocycles. The number of benzene rings is 1. The first kappa shape index (κ1) is 15.1. The smallest absolute Gasteiger partial charge is 0.356 e. The Bertz CT molecular complexity index is 658. The molecule has 1 heterocycles. The number of hydrogen-bond acceptors (Lipinski definition) is 3. The van der Waals surface area contributed by atoms with Crippen molar-refractivity contribution >= 4 is 11.7 Å². The van der Waals surface area contributed by atoms with E-state index < -0.39 is 5.97 Å². The second kappa shape index (κ2) is 5.99. The average molecular weight is 287 g/mol. The molecule has 1 N–H and O–H groups in total. The number of carbonyl (C=O) groups is 1. The predicted molar refractivity (Wildman–Crippen MR) is 83.6 cm³/mol. The molecule has 2 aromatic rings. The van der Waals surface area contributed by atoms with Gasteiger partial charge < -0.3 is 10.0 Å². The van der Waals surface area contributed by atoms with Gasteiger partial charge in [-0.25, -0.2) is 9.48 Å². The minimum absolute atomic E-state index is 0.0692. The minimum atomic E-state index is -1.01. The van der Waals surface area contributed by atoms with E-state index in [-0.39, 0.29) is 5.69 Å². The van der Waals surface area contributed by atoms with E-state index >= 15 is 0 Å². The Morgan fingerprint density at radius 2 is 1.90 bits per heavy atom. The van der Waals surface area contributed by atoms with E-state index in [1.807, 2.05) is 19.9 Å². The number of hydrogen-bond donors (Lipinski definition) is 1. The average Bonchev–Trinajstić information content (AvgIpc) is 2.83. The van der Waals surface area contributed by atoms with Gasteiger partial charge >= 0.3 is 5.97 Å². The third-order valence-corrected chi connectivity index (χ3v) is 3.64. The van der Waals surface area contributed by atoms with Crippen LogP contribution in [0.25, 0.3) is 5.69 Å². The van der Waals surface area contributed by atoms with Crippen LogP contribution in [0, 0.1) is 13.8 Å². The zero-order valence-electron chi connectivity index (χ0n) is 12.9. The summed E-state index contributed by atoms with van der Waals surface area (Å²) in [7, 11) is 0. The Balaban J connectivity index is 2.44. The number of aryl methyl sites for hydroxylation is 2. The molecule has 2 rings (SSSR count). The highest BCUT2D eigenvalue weighted by molar-refractivity contribution is 5.85.